The number of rotatable bonds is 5. The third-order valence-corrected chi connectivity index (χ3v) is 5.74. The molecule has 168 valence electrons. The minimum Gasteiger partial charge on any atom is -0.496 e. The standard InChI is InChI=1S/C24H22ClN5O3/c1-32-22-8-5-17(25)14-20(22)21-7-6-19-15-26-24(28-30(19)21)27-18-4-2-3-16(13-18)23(31)29-9-11-33-12-10-29/h2-8,13-15H,9-12H2,1H3,(H,27,28). The predicted molar refractivity (Wildman–Crippen MR) is 126 cm³/mol. The Morgan fingerprint density at radius 1 is 1.12 bits per heavy atom. The fraction of sp³-hybridized carbons (Fsp3) is 0.208. The number of carbonyl (C=O) groups is 1. The Morgan fingerprint density at radius 3 is 2.79 bits per heavy atom. The Balaban J connectivity index is 1.44. The van der Waals surface area contributed by atoms with Crippen LogP contribution in [0.3, 0.4) is 0 Å². The minimum atomic E-state index is -0.0148. The third-order valence-electron chi connectivity index (χ3n) is 5.50. The number of benzene rings is 2. The highest BCUT2D eigenvalue weighted by molar-refractivity contribution is 6.31. The van der Waals surface area contributed by atoms with Crippen LogP contribution in [0.15, 0.2) is 60.8 Å². The van der Waals surface area contributed by atoms with Gasteiger partial charge in [-0.3, -0.25) is 4.79 Å². The van der Waals surface area contributed by atoms with Crippen molar-refractivity contribution in [2.45, 2.75) is 0 Å². The van der Waals surface area contributed by atoms with E-state index in [1.807, 2.05) is 48.5 Å². The van der Waals surface area contributed by atoms with Gasteiger partial charge in [0.05, 0.1) is 37.7 Å². The summed E-state index contributed by atoms with van der Waals surface area (Å²) in [7, 11) is 1.62. The van der Waals surface area contributed by atoms with Gasteiger partial charge in [0, 0.05) is 34.9 Å². The molecule has 4 aromatic rings. The molecular formula is C24H22ClN5O3. The van der Waals surface area contributed by atoms with Crippen LogP contribution in [0.1, 0.15) is 10.4 Å². The lowest BCUT2D eigenvalue weighted by molar-refractivity contribution is 0.0303. The Bertz CT molecular complexity index is 1320. The van der Waals surface area contributed by atoms with Crippen LogP contribution in [-0.4, -0.2) is 58.8 Å². The number of amides is 1. The molecule has 0 unspecified atom stereocenters. The maximum absolute atomic E-state index is 12.8. The number of hydrogen-bond acceptors (Lipinski definition) is 6. The van der Waals surface area contributed by atoms with Crippen molar-refractivity contribution >= 4 is 34.7 Å². The van der Waals surface area contributed by atoms with Crippen molar-refractivity contribution in [2.24, 2.45) is 0 Å². The smallest absolute Gasteiger partial charge is 0.254 e. The molecule has 0 spiro atoms. The first-order valence-corrected chi connectivity index (χ1v) is 10.9. The second-order valence-corrected chi connectivity index (χ2v) is 8.03. The molecule has 2 aromatic heterocycles. The molecule has 1 aliphatic rings. The van der Waals surface area contributed by atoms with E-state index >= 15 is 0 Å². The fourth-order valence-electron chi connectivity index (χ4n) is 3.85. The van der Waals surface area contributed by atoms with Crippen LogP contribution in [0.25, 0.3) is 16.8 Å². The van der Waals surface area contributed by atoms with Crippen LogP contribution < -0.4 is 10.1 Å². The van der Waals surface area contributed by atoms with Crippen LogP contribution >= 0.6 is 11.6 Å². The molecule has 1 aliphatic heterocycles. The SMILES string of the molecule is COc1ccc(Cl)cc1-c1ccc2cnc(Nc3cccc(C(=O)N4CCOCC4)c3)nn12. The number of fused-ring (bicyclic) bond motifs is 1. The lowest BCUT2D eigenvalue weighted by Gasteiger charge is -2.27. The number of ether oxygens (including phenoxy) is 2. The van der Waals surface area contributed by atoms with Gasteiger partial charge in [-0.25, -0.2) is 9.50 Å². The number of methoxy groups -OCH3 is 1. The average molecular weight is 464 g/mol. The molecule has 0 saturated carbocycles. The molecule has 0 atom stereocenters. The maximum atomic E-state index is 12.8. The zero-order valence-electron chi connectivity index (χ0n) is 18.0. The van der Waals surface area contributed by atoms with E-state index in [4.69, 9.17) is 21.1 Å². The summed E-state index contributed by atoms with van der Waals surface area (Å²) in [6.45, 7) is 2.32. The van der Waals surface area contributed by atoms with Gasteiger partial charge in [-0.1, -0.05) is 17.7 Å². The molecule has 1 fully saturated rings. The van der Waals surface area contributed by atoms with E-state index in [9.17, 15) is 4.79 Å². The first kappa shape index (κ1) is 21.2. The van der Waals surface area contributed by atoms with E-state index in [0.717, 1.165) is 22.5 Å². The molecule has 5 rings (SSSR count). The van der Waals surface area contributed by atoms with Crippen molar-refractivity contribution in [2.75, 3.05) is 38.7 Å². The number of nitrogens with one attached hydrogen (secondary N) is 1. The summed E-state index contributed by atoms with van der Waals surface area (Å²) in [5.74, 6) is 1.08. The predicted octanol–water partition coefficient (Wildman–Crippen LogP) is 4.27. The Hall–Kier alpha value is -3.62. The highest BCUT2D eigenvalue weighted by Gasteiger charge is 2.19. The van der Waals surface area contributed by atoms with Crippen LogP contribution in [0.4, 0.5) is 11.6 Å². The Kier molecular flexibility index (Phi) is 5.85. The van der Waals surface area contributed by atoms with Crippen molar-refractivity contribution in [1.29, 1.82) is 0 Å². The van der Waals surface area contributed by atoms with Gasteiger partial charge in [-0.05, 0) is 48.5 Å². The van der Waals surface area contributed by atoms with Crippen molar-refractivity contribution in [3.05, 3.63) is 71.4 Å². The molecule has 1 amide bonds. The van der Waals surface area contributed by atoms with E-state index in [2.05, 4.69) is 15.4 Å². The van der Waals surface area contributed by atoms with Crippen LogP contribution in [0.5, 0.6) is 5.75 Å². The first-order chi connectivity index (χ1) is 16.1. The normalized spacial score (nSPS) is 13.8. The fourth-order valence-corrected chi connectivity index (χ4v) is 4.02. The number of halogens is 1. The zero-order valence-corrected chi connectivity index (χ0v) is 18.7. The topological polar surface area (TPSA) is 81.0 Å². The van der Waals surface area contributed by atoms with Crippen molar-refractivity contribution < 1.29 is 14.3 Å². The molecular weight excluding hydrogens is 442 g/mol. The van der Waals surface area contributed by atoms with E-state index in [0.29, 0.717) is 48.6 Å². The monoisotopic (exact) mass is 463 g/mol. The van der Waals surface area contributed by atoms with E-state index < -0.39 is 0 Å². The Morgan fingerprint density at radius 2 is 1.97 bits per heavy atom. The number of hydrogen-bond donors (Lipinski definition) is 1. The lowest BCUT2D eigenvalue weighted by Crippen LogP contribution is -2.40. The summed E-state index contributed by atoms with van der Waals surface area (Å²) in [5, 5.41) is 8.47. The number of aromatic nitrogens is 3. The van der Waals surface area contributed by atoms with Crippen LogP contribution in [-0.2, 0) is 4.74 Å². The lowest BCUT2D eigenvalue weighted by atomic mass is 10.1. The minimum absolute atomic E-state index is 0.0148. The van der Waals surface area contributed by atoms with E-state index in [-0.39, 0.29) is 5.91 Å². The van der Waals surface area contributed by atoms with Gasteiger partial charge < -0.3 is 19.7 Å². The quantitative estimate of drug-likeness (QED) is 0.476. The number of carbonyl (C=O) groups excluding carboxylic acids is 1. The summed E-state index contributed by atoms with van der Waals surface area (Å²) in [5.41, 5.74) is 3.81. The average Bonchev–Trinajstić information content (AvgIpc) is 3.27. The number of nitrogens with zero attached hydrogens (tertiary/aromatic N) is 4. The van der Waals surface area contributed by atoms with Crippen molar-refractivity contribution in [3.8, 4) is 17.0 Å². The van der Waals surface area contributed by atoms with Gasteiger partial charge >= 0.3 is 0 Å². The molecule has 33 heavy (non-hydrogen) atoms. The summed E-state index contributed by atoms with van der Waals surface area (Å²) in [6.07, 6.45) is 1.73. The highest BCUT2D eigenvalue weighted by Crippen LogP contribution is 2.33. The number of morpholine rings is 1. The summed E-state index contributed by atoms with van der Waals surface area (Å²) in [6, 6.07) is 16.7. The van der Waals surface area contributed by atoms with Gasteiger partial charge in [0.25, 0.3) is 5.91 Å². The molecule has 3 heterocycles. The van der Waals surface area contributed by atoms with Crippen LogP contribution in [0.2, 0.25) is 5.02 Å². The third kappa shape index (κ3) is 4.35. The molecule has 1 N–H and O–H groups in total. The molecule has 1 saturated heterocycles. The maximum Gasteiger partial charge on any atom is 0.254 e. The summed E-state index contributed by atoms with van der Waals surface area (Å²) in [4.78, 5) is 19.0. The second-order valence-electron chi connectivity index (χ2n) is 7.59. The van der Waals surface area contributed by atoms with Gasteiger partial charge in [-0.15, -0.1) is 5.10 Å². The van der Waals surface area contributed by atoms with Crippen molar-refractivity contribution in [3.63, 3.8) is 0 Å². The van der Waals surface area contributed by atoms with E-state index in [1.54, 1.807) is 28.8 Å². The van der Waals surface area contributed by atoms with Gasteiger partial charge in [0.2, 0.25) is 5.95 Å². The summed E-state index contributed by atoms with van der Waals surface area (Å²) >= 11 is 6.23. The zero-order chi connectivity index (χ0) is 22.8. The van der Waals surface area contributed by atoms with Gasteiger partial charge in [0.15, 0.2) is 0 Å². The van der Waals surface area contributed by atoms with Crippen LogP contribution in [0, 0.1) is 0 Å². The van der Waals surface area contributed by atoms with E-state index in [1.165, 1.54) is 0 Å². The molecule has 9 heteroatoms. The summed E-state index contributed by atoms with van der Waals surface area (Å²) < 4.78 is 12.6. The molecule has 0 radical (unpaired) electrons. The largest absolute Gasteiger partial charge is 0.496 e. The molecule has 0 bridgehead atoms. The molecule has 8 nitrogen and oxygen atoms in total. The molecule has 2 aromatic carbocycles. The molecule has 0 aliphatic carbocycles. The van der Waals surface area contributed by atoms with Gasteiger partial charge in [-0.2, -0.15) is 0 Å². The van der Waals surface area contributed by atoms with Gasteiger partial charge in [0.1, 0.15) is 5.75 Å². The van der Waals surface area contributed by atoms with Crippen molar-refractivity contribution in [1.82, 2.24) is 19.5 Å². The highest BCUT2D eigenvalue weighted by atomic mass is 35.5. The number of anilines is 2. The second kappa shape index (κ2) is 9.09. The first-order valence-electron chi connectivity index (χ1n) is 10.6. The Labute approximate surface area is 195 Å².